The van der Waals surface area contributed by atoms with Crippen molar-refractivity contribution in [3.05, 3.63) is 0 Å². The van der Waals surface area contributed by atoms with Crippen LogP contribution in [0.1, 0.15) is 66.7 Å². The van der Waals surface area contributed by atoms with Crippen LogP contribution in [0.15, 0.2) is 0 Å². The summed E-state index contributed by atoms with van der Waals surface area (Å²) in [5.41, 5.74) is 0. The second-order valence-corrected chi connectivity index (χ2v) is 4.48. The second kappa shape index (κ2) is 13.1. The predicted molar refractivity (Wildman–Crippen MR) is 70.3 cm³/mol. The van der Waals surface area contributed by atoms with Crippen LogP contribution in [0.4, 0.5) is 0 Å². The summed E-state index contributed by atoms with van der Waals surface area (Å²) >= 11 is 0. The third-order valence-corrected chi connectivity index (χ3v) is 2.48. The molecule has 0 aromatic carbocycles. The van der Waals surface area contributed by atoms with Crippen molar-refractivity contribution >= 4 is 7.28 Å². The second-order valence-electron chi connectivity index (χ2n) is 4.48. The molecule has 0 aliphatic heterocycles. The van der Waals surface area contributed by atoms with E-state index in [1.165, 1.54) is 32.1 Å². The maximum absolute atomic E-state index is 2.32. The summed E-state index contributed by atoms with van der Waals surface area (Å²) in [5, 5.41) is 0. The van der Waals surface area contributed by atoms with E-state index in [-0.39, 0.29) is 0 Å². The first-order valence-corrected chi connectivity index (χ1v) is 6.41. The van der Waals surface area contributed by atoms with Crippen LogP contribution in [0.3, 0.4) is 0 Å². The van der Waals surface area contributed by atoms with E-state index in [1.54, 1.807) is 0 Å². The maximum Gasteiger partial charge on any atom is 0.110 e. The fourth-order valence-corrected chi connectivity index (χ4v) is 1.50. The summed E-state index contributed by atoms with van der Waals surface area (Å²) in [6.45, 7) is 13.4. The zero-order chi connectivity index (χ0) is 11.4. The third-order valence-electron chi connectivity index (χ3n) is 2.48. The minimum atomic E-state index is 0.852. The molecule has 0 aliphatic rings. The van der Waals surface area contributed by atoms with Crippen molar-refractivity contribution in [1.82, 2.24) is 0 Å². The van der Waals surface area contributed by atoms with Gasteiger partial charge in [-0.1, -0.05) is 79.4 Å². The summed E-state index contributed by atoms with van der Waals surface area (Å²) in [7, 11) is 2.32. The van der Waals surface area contributed by atoms with Crippen molar-refractivity contribution < 1.29 is 0 Å². The zero-order valence-electron chi connectivity index (χ0n) is 11.3. The van der Waals surface area contributed by atoms with Gasteiger partial charge in [0.1, 0.15) is 7.28 Å². The molecule has 1 atom stereocenters. The fourth-order valence-electron chi connectivity index (χ4n) is 1.50. The van der Waals surface area contributed by atoms with Gasteiger partial charge in [0.15, 0.2) is 0 Å². The van der Waals surface area contributed by atoms with Gasteiger partial charge in [-0.05, 0) is 5.92 Å². The Morgan fingerprint density at radius 2 is 1.50 bits per heavy atom. The standard InChI is InChI=1S/C8H18B.C5H12/c1-5-8(9-4)6-7(2)3;1-3-5-4-2/h7-8H,5-6H2,1-4H3;3-5H2,1-2H3. The Balaban J connectivity index is 0. The van der Waals surface area contributed by atoms with Crippen LogP contribution >= 0.6 is 0 Å². The molecule has 0 heterocycles. The van der Waals surface area contributed by atoms with Crippen LogP contribution in [0.5, 0.6) is 0 Å². The van der Waals surface area contributed by atoms with E-state index >= 15 is 0 Å². The lowest BCUT2D eigenvalue weighted by atomic mass is 9.63. The molecule has 0 saturated carbocycles. The van der Waals surface area contributed by atoms with Crippen LogP contribution in [-0.4, -0.2) is 7.28 Å². The van der Waals surface area contributed by atoms with Crippen LogP contribution in [0, 0.1) is 5.92 Å². The molecule has 85 valence electrons. The number of hydrogen-bond donors (Lipinski definition) is 0. The highest BCUT2D eigenvalue weighted by atomic mass is 14.0. The van der Waals surface area contributed by atoms with Gasteiger partial charge in [0.05, 0.1) is 0 Å². The summed E-state index contributed by atoms with van der Waals surface area (Å²) in [4.78, 5) is 0. The van der Waals surface area contributed by atoms with E-state index in [0.29, 0.717) is 0 Å². The molecule has 0 spiro atoms. The number of rotatable bonds is 6. The molecule has 0 N–H and O–H groups in total. The SMILES string of the molecule is CCCCC.C[B]C(CC)CC(C)C. The van der Waals surface area contributed by atoms with E-state index in [4.69, 9.17) is 0 Å². The zero-order valence-corrected chi connectivity index (χ0v) is 11.3. The van der Waals surface area contributed by atoms with Gasteiger partial charge < -0.3 is 0 Å². The van der Waals surface area contributed by atoms with Gasteiger partial charge in [-0.3, -0.25) is 0 Å². The molecule has 0 rings (SSSR count). The molecule has 1 heteroatoms. The smallest absolute Gasteiger partial charge is 0.0917 e. The lowest BCUT2D eigenvalue weighted by molar-refractivity contribution is 0.546. The van der Waals surface area contributed by atoms with Crippen LogP contribution in [0.2, 0.25) is 12.6 Å². The molecule has 0 saturated heterocycles. The molecule has 0 fully saturated rings. The maximum atomic E-state index is 2.32. The first-order chi connectivity index (χ1) is 6.62. The van der Waals surface area contributed by atoms with Gasteiger partial charge in [0.2, 0.25) is 0 Å². The van der Waals surface area contributed by atoms with Gasteiger partial charge in [-0.25, -0.2) is 0 Å². The number of unbranched alkanes of at least 4 members (excludes halogenated alkanes) is 2. The van der Waals surface area contributed by atoms with E-state index in [1.807, 2.05) is 0 Å². The molecule has 0 nitrogen and oxygen atoms in total. The van der Waals surface area contributed by atoms with Gasteiger partial charge in [0.25, 0.3) is 0 Å². The minimum Gasteiger partial charge on any atom is -0.0917 e. The van der Waals surface area contributed by atoms with Crippen molar-refractivity contribution in [2.45, 2.75) is 79.4 Å². The molecule has 14 heavy (non-hydrogen) atoms. The lowest BCUT2D eigenvalue weighted by Crippen LogP contribution is -2.02. The van der Waals surface area contributed by atoms with Crippen molar-refractivity contribution in [3.63, 3.8) is 0 Å². The Labute approximate surface area is 93.1 Å². The van der Waals surface area contributed by atoms with E-state index in [0.717, 1.165) is 11.7 Å². The summed E-state index contributed by atoms with van der Waals surface area (Å²) < 4.78 is 0. The third kappa shape index (κ3) is 14.6. The van der Waals surface area contributed by atoms with Crippen LogP contribution in [0.25, 0.3) is 0 Å². The Kier molecular flexibility index (Phi) is 15.4. The van der Waals surface area contributed by atoms with E-state index in [9.17, 15) is 0 Å². The highest BCUT2D eigenvalue weighted by Gasteiger charge is 2.05. The van der Waals surface area contributed by atoms with Crippen LogP contribution < -0.4 is 0 Å². The summed E-state index contributed by atoms with van der Waals surface area (Å²) in [5.74, 6) is 1.70. The van der Waals surface area contributed by atoms with Gasteiger partial charge >= 0.3 is 0 Å². The molecule has 0 amide bonds. The van der Waals surface area contributed by atoms with Crippen molar-refractivity contribution in [2.24, 2.45) is 5.92 Å². The molecule has 0 aromatic rings. The average Bonchev–Trinajstić information content (AvgIpc) is 2.16. The Hall–Kier alpha value is 0.0649. The normalized spacial score (nSPS) is 11.9. The Morgan fingerprint density at radius 1 is 1.00 bits per heavy atom. The quantitative estimate of drug-likeness (QED) is 0.514. The molecule has 0 aromatic heterocycles. The summed E-state index contributed by atoms with van der Waals surface area (Å²) in [6.07, 6.45) is 6.73. The first kappa shape index (κ1) is 16.5. The Morgan fingerprint density at radius 3 is 1.57 bits per heavy atom. The van der Waals surface area contributed by atoms with Crippen molar-refractivity contribution in [1.29, 1.82) is 0 Å². The monoisotopic (exact) mass is 197 g/mol. The molecule has 1 unspecified atom stereocenters. The van der Waals surface area contributed by atoms with Gasteiger partial charge in [0, 0.05) is 0 Å². The van der Waals surface area contributed by atoms with Gasteiger partial charge in [-0.2, -0.15) is 0 Å². The summed E-state index contributed by atoms with van der Waals surface area (Å²) in [6, 6.07) is 0. The van der Waals surface area contributed by atoms with Crippen molar-refractivity contribution in [3.8, 4) is 0 Å². The topological polar surface area (TPSA) is 0 Å². The van der Waals surface area contributed by atoms with Crippen LogP contribution in [-0.2, 0) is 0 Å². The molecular formula is C13H30B. The minimum absolute atomic E-state index is 0.852. The predicted octanol–water partition coefficient (Wildman–Crippen LogP) is 5.18. The van der Waals surface area contributed by atoms with E-state index < -0.39 is 0 Å². The first-order valence-electron chi connectivity index (χ1n) is 6.41. The highest BCUT2D eigenvalue weighted by molar-refractivity contribution is 6.35. The molecule has 1 radical (unpaired) electrons. The average molecular weight is 197 g/mol. The molecule has 0 aliphatic carbocycles. The Bertz CT molecular complexity index is 83.2. The lowest BCUT2D eigenvalue weighted by Gasteiger charge is -2.13. The molecule has 0 bridgehead atoms. The van der Waals surface area contributed by atoms with E-state index in [2.05, 4.69) is 48.7 Å². The number of hydrogen-bond acceptors (Lipinski definition) is 0. The highest BCUT2D eigenvalue weighted by Crippen LogP contribution is 2.19. The largest absolute Gasteiger partial charge is 0.110 e. The van der Waals surface area contributed by atoms with Crippen molar-refractivity contribution in [2.75, 3.05) is 0 Å². The fraction of sp³-hybridized carbons (Fsp3) is 1.00. The molecular weight excluding hydrogens is 167 g/mol. The van der Waals surface area contributed by atoms with Gasteiger partial charge in [-0.15, -0.1) is 0 Å².